The van der Waals surface area contributed by atoms with Gasteiger partial charge in [-0.1, -0.05) is 24.3 Å². The lowest BCUT2D eigenvalue weighted by Crippen LogP contribution is -2.36. The summed E-state index contributed by atoms with van der Waals surface area (Å²) in [7, 11) is 0. The van der Waals surface area contributed by atoms with Crippen LogP contribution in [-0.4, -0.2) is 11.8 Å². The lowest BCUT2D eigenvalue weighted by molar-refractivity contribution is -0.114. The Labute approximate surface area is 91.8 Å². The van der Waals surface area contributed by atoms with Crippen LogP contribution in [-0.2, 0) is 4.79 Å². The van der Waals surface area contributed by atoms with Crippen molar-refractivity contribution in [2.24, 2.45) is 0 Å². The largest absolute Gasteiger partial charge is 0.288 e. The standard InChI is InChI=1S/C13H7NO2/c15-12-9-6-2-1-4-8-5-3-7-10(11(8)9)13(16)14-12/h1-5,7H,(H,14,15,16). The minimum Gasteiger partial charge on any atom is -0.288 e. The Kier molecular flexibility index (Phi) is 1.70. The number of rotatable bonds is 0. The van der Waals surface area contributed by atoms with E-state index in [1.807, 2.05) is 12.1 Å². The zero-order chi connectivity index (χ0) is 11.1. The van der Waals surface area contributed by atoms with Gasteiger partial charge in [-0.05, 0) is 17.7 Å². The molecule has 0 radical (unpaired) electrons. The number of carbonyl (C=O) groups excluding carboxylic acids is 2. The van der Waals surface area contributed by atoms with Crippen molar-refractivity contribution in [1.29, 1.82) is 0 Å². The van der Waals surface area contributed by atoms with Gasteiger partial charge >= 0.3 is 0 Å². The van der Waals surface area contributed by atoms with Crippen molar-refractivity contribution < 1.29 is 9.59 Å². The number of allylic oxidation sites excluding steroid dienone is 1. The van der Waals surface area contributed by atoms with Crippen molar-refractivity contribution >= 4 is 23.5 Å². The van der Waals surface area contributed by atoms with E-state index in [-0.39, 0.29) is 11.8 Å². The summed E-state index contributed by atoms with van der Waals surface area (Å²) in [6.07, 6.45) is 5.35. The molecule has 1 heterocycles. The number of imide groups is 1. The second-order valence-corrected chi connectivity index (χ2v) is 3.60. The first-order valence-corrected chi connectivity index (χ1v) is 4.90. The van der Waals surface area contributed by atoms with Gasteiger partial charge in [0.2, 0.25) is 0 Å². The highest BCUT2D eigenvalue weighted by Gasteiger charge is 2.28. The summed E-state index contributed by atoms with van der Waals surface area (Å²) in [6, 6.07) is 5.39. The van der Waals surface area contributed by atoms with Gasteiger partial charge in [0.15, 0.2) is 0 Å². The van der Waals surface area contributed by atoms with Gasteiger partial charge in [0, 0.05) is 11.1 Å². The van der Waals surface area contributed by atoms with Crippen LogP contribution >= 0.6 is 0 Å². The second kappa shape index (κ2) is 3.05. The average Bonchev–Trinajstić information content (AvgIpc) is 2.49. The van der Waals surface area contributed by atoms with Gasteiger partial charge in [0.05, 0.1) is 5.57 Å². The lowest BCUT2D eigenvalue weighted by Gasteiger charge is -2.18. The molecule has 1 aliphatic carbocycles. The van der Waals surface area contributed by atoms with Crippen molar-refractivity contribution in [3.63, 3.8) is 0 Å². The molecule has 0 bridgehead atoms. The molecule has 1 aromatic rings. The lowest BCUT2D eigenvalue weighted by atomic mass is 9.91. The Morgan fingerprint density at radius 2 is 2.00 bits per heavy atom. The summed E-state index contributed by atoms with van der Waals surface area (Å²) in [5.74, 6) is -0.729. The summed E-state index contributed by atoms with van der Waals surface area (Å²) in [5, 5.41) is 2.30. The Hall–Kier alpha value is -2.38. The van der Waals surface area contributed by atoms with Gasteiger partial charge in [-0.15, -0.1) is 5.73 Å². The van der Waals surface area contributed by atoms with Crippen LogP contribution < -0.4 is 5.32 Å². The SMILES string of the molecule is O=C1NC(=O)c2cccc3c2C1=C=CC=C3. The first kappa shape index (κ1) is 8.89. The summed E-state index contributed by atoms with van der Waals surface area (Å²) in [5.41, 5.74) is 5.40. The fraction of sp³-hybridized carbons (Fsp3) is 0. The van der Waals surface area contributed by atoms with Gasteiger partial charge in [-0.2, -0.15) is 0 Å². The highest BCUT2D eigenvalue weighted by atomic mass is 16.2. The van der Waals surface area contributed by atoms with Crippen LogP contribution in [0, 0.1) is 0 Å². The number of nitrogens with one attached hydrogen (secondary N) is 1. The van der Waals surface area contributed by atoms with Crippen LogP contribution in [0.3, 0.4) is 0 Å². The maximum atomic E-state index is 11.7. The predicted molar refractivity (Wildman–Crippen MR) is 59.4 cm³/mol. The average molecular weight is 209 g/mol. The first-order valence-electron chi connectivity index (χ1n) is 4.90. The fourth-order valence-electron chi connectivity index (χ4n) is 1.94. The van der Waals surface area contributed by atoms with Crippen LogP contribution in [0.15, 0.2) is 36.1 Å². The number of hydrogen-bond donors (Lipinski definition) is 1. The molecule has 3 nitrogen and oxygen atoms in total. The molecule has 2 aliphatic rings. The molecular weight excluding hydrogens is 202 g/mol. The third-order valence-corrected chi connectivity index (χ3v) is 2.65. The minimum absolute atomic E-state index is 0.345. The number of amides is 2. The third kappa shape index (κ3) is 1.09. The van der Waals surface area contributed by atoms with Crippen LogP contribution in [0.2, 0.25) is 0 Å². The van der Waals surface area contributed by atoms with Crippen molar-refractivity contribution in [2.75, 3.05) is 0 Å². The monoisotopic (exact) mass is 209 g/mol. The molecule has 0 atom stereocenters. The summed E-state index contributed by atoms with van der Waals surface area (Å²) >= 11 is 0. The quantitative estimate of drug-likeness (QED) is 0.520. The van der Waals surface area contributed by atoms with Crippen molar-refractivity contribution in [2.45, 2.75) is 0 Å². The van der Waals surface area contributed by atoms with E-state index in [1.54, 1.807) is 24.3 Å². The van der Waals surface area contributed by atoms with E-state index in [9.17, 15) is 9.59 Å². The van der Waals surface area contributed by atoms with E-state index >= 15 is 0 Å². The third-order valence-electron chi connectivity index (χ3n) is 2.65. The normalized spacial score (nSPS) is 16.4. The van der Waals surface area contributed by atoms with Gasteiger partial charge in [0.25, 0.3) is 11.8 Å². The van der Waals surface area contributed by atoms with Gasteiger partial charge in [-0.25, -0.2) is 0 Å². The molecule has 0 saturated carbocycles. The molecule has 1 aromatic carbocycles. The molecule has 0 spiro atoms. The van der Waals surface area contributed by atoms with E-state index < -0.39 is 0 Å². The topological polar surface area (TPSA) is 46.2 Å². The molecular formula is C13H7NO2. The minimum atomic E-state index is -0.384. The fourth-order valence-corrected chi connectivity index (χ4v) is 1.94. The molecule has 1 N–H and O–H groups in total. The molecule has 16 heavy (non-hydrogen) atoms. The first-order chi connectivity index (χ1) is 7.77. The molecule has 76 valence electrons. The Morgan fingerprint density at radius 1 is 1.12 bits per heavy atom. The van der Waals surface area contributed by atoms with E-state index in [2.05, 4.69) is 11.0 Å². The zero-order valence-electron chi connectivity index (χ0n) is 8.28. The van der Waals surface area contributed by atoms with Crippen LogP contribution in [0.4, 0.5) is 0 Å². The van der Waals surface area contributed by atoms with Crippen molar-refractivity contribution in [3.8, 4) is 0 Å². The molecule has 0 unspecified atom stereocenters. The second-order valence-electron chi connectivity index (χ2n) is 3.60. The number of benzene rings is 1. The summed E-state index contributed by atoms with van der Waals surface area (Å²) in [4.78, 5) is 23.3. The van der Waals surface area contributed by atoms with Crippen LogP contribution in [0.25, 0.3) is 11.6 Å². The maximum Gasteiger partial charge on any atom is 0.266 e. The smallest absolute Gasteiger partial charge is 0.266 e. The predicted octanol–water partition coefficient (Wildman–Crippen LogP) is 1.52. The zero-order valence-corrected chi connectivity index (χ0v) is 8.28. The Balaban J connectivity index is 2.45. The van der Waals surface area contributed by atoms with E-state index in [0.717, 1.165) is 5.56 Å². The van der Waals surface area contributed by atoms with Crippen LogP contribution in [0.1, 0.15) is 21.5 Å². The number of hydrogen-bond acceptors (Lipinski definition) is 2. The Bertz CT molecular complexity index is 617. The summed E-state index contributed by atoms with van der Waals surface area (Å²) in [6.45, 7) is 0. The molecule has 0 saturated heterocycles. The number of carbonyl (C=O) groups is 2. The van der Waals surface area contributed by atoms with Crippen molar-refractivity contribution in [3.05, 3.63) is 52.8 Å². The molecule has 3 rings (SSSR count). The Morgan fingerprint density at radius 3 is 2.88 bits per heavy atom. The van der Waals surface area contributed by atoms with E-state index in [1.165, 1.54) is 0 Å². The van der Waals surface area contributed by atoms with Gasteiger partial charge in [-0.3, -0.25) is 14.9 Å². The van der Waals surface area contributed by atoms with Gasteiger partial charge < -0.3 is 0 Å². The maximum absolute atomic E-state index is 11.7. The highest BCUT2D eigenvalue weighted by molar-refractivity contribution is 6.31. The molecule has 0 aromatic heterocycles. The van der Waals surface area contributed by atoms with E-state index in [4.69, 9.17) is 0 Å². The van der Waals surface area contributed by atoms with Crippen molar-refractivity contribution in [1.82, 2.24) is 5.32 Å². The molecule has 1 aliphatic heterocycles. The van der Waals surface area contributed by atoms with Crippen LogP contribution in [0.5, 0.6) is 0 Å². The molecule has 0 fully saturated rings. The molecule has 3 heteroatoms. The molecule has 2 amide bonds. The summed E-state index contributed by atoms with van der Waals surface area (Å²) < 4.78 is 0. The van der Waals surface area contributed by atoms with E-state index in [0.29, 0.717) is 16.7 Å². The highest BCUT2D eigenvalue weighted by Crippen LogP contribution is 2.28. The van der Waals surface area contributed by atoms with Gasteiger partial charge in [0.1, 0.15) is 0 Å².